The fourth-order valence-electron chi connectivity index (χ4n) is 8.48. The predicted molar refractivity (Wildman–Crippen MR) is 260 cm³/mol. The fraction of sp³-hybridized carbons (Fsp3) is 0.872. The summed E-state index contributed by atoms with van der Waals surface area (Å²) in [5, 5.41) is 106. The van der Waals surface area contributed by atoms with Gasteiger partial charge in [-0.2, -0.15) is 0 Å². The van der Waals surface area contributed by atoms with Gasteiger partial charge in [0.1, 0.15) is 54.8 Å². The number of carbonyl (C=O) groups excluding carboxylic acids is 6. The molecule has 0 aromatic carbocycles. The maximum absolute atomic E-state index is 12.6. The van der Waals surface area contributed by atoms with Crippen molar-refractivity contribution in [2.45, 2.75) is 151 Å². The third kappa shape index (κ3) is 23.6. The molecule has 76 heavy (non-hydrogen) atoms. The van der Waals surface area contributed by atoms with Gasteiger partial charge in [-0.3, -0.25) is 28.8 Å². The summed E-state index contributed by atoms with van der Waals surface area (Å²) in [6.07, 6.45) is -12.5. The van der Waals surface area contributed by atoms with Gasteiger partial charge < -0.3 is 116 Å². The molecule has 2 saturated heterocycles. The van der Waals surface area contributed by atoms with Gasteiger partial charge in [0.15, 0.2) is 12.6 Å². The Morgan fingerprint density at radius 2 is 0.829 bits per heavy atom. The minimum absolute atomic E-state index is 0.00701. The lowest BCUT2D eigenvalue weighted by atomic mass is 9.79. The molecule has 1 saturated carbocycles. The Morgan fingerprint density at radius 3 is 1.18 bits per heavy atom. The Hall–Kier alpha value is -3.86. The number of aliphatic hydroxyl groups excluding tert-OH is 9. The van der Waals surface area contributed by atoms with Crippen molar-refractivity contribution < 1.29 is 113 Å². The van der Waals surface area contributed by atoms with Gasteiger partial charge in [-0.25, -0.2) is 0 Å². The molecule has 29 nitrogen and oxygen atoms in total. The summed E-state index contributed by atoms with van der Waals surface area (Å²) in [5.74, 6) is -3.38. The number of hydrogen-bond donors (Lipinski definition) is 15. The lowest BCUT2D eigenvalue weighted by molar-refractivity contribution is -0.270. The largest absolute Gasteiger partial charge is 0.396 e. The maximum Gasteiger partial charge on any atom is 0.222 e. The van der Waals surface area contributed by atoms with Crippen molar-refractivity contribution in [3.05, 3.63) is 0 Å². The molecule has 15 atom stereocenters. The van der Waals surface area contributed by atoms with Gasteiger partial charge in [0.25, 0.3) is 0 Å². The molecule has 440 valence electrons. The minimum atomic E-state index is -1.46. The molecule has 0 spiro atoms. The zero-order valence-electron chi connectivity index (χ0n) is 43.5. The highest BCUT2D eigenvalue weighted by Crippen LogP contribution is 2.28. The van der Waals surface area contributed by atoms with Crippen molar-refractivity contribution in [3.63, 3.8) is 0 Å². The summed E-state index contributed by atoms with van der Waals surface area (Å²) in [5.41, 5.74) is 0. The van der Waals surface area contributed by atoms with Gasteiger partial charge in [0.05, 0.1) is 84.3 Å². The second-order valence-corrected chi connectivity index (χ2v) is 18.9. The SMILES string of the molecule is CC(=O)NC1[C@H](OCCCNC(=O)CCOCC(COCCC(=O)NCCCO[C@@H]2OC(CO)[C@H](O)[C@H](O)C2NC(C)=O)COCCC(=O)NCCCO[C@@H]2CC(CO)[C@H](O)[C@H](O)C2NC(C)=O)OC(CO)[C@H](O)[C@@H]1O. The minimum Gasteiger partial charge on any atom is -0.396 e. The second-order valence-electron chi connectivity index (χ2n) is 18.9. The van der Waals surface area contributed by atoms with Gasteiger partial charge in [0.2, 0.25) is 35.4 Å². The van der Waals surface area contributed by atoms with Crippen molar-refractivity contribution >= 4 is 35.4 Å². The first-order chi connectivity index (χ1) is 36.3. The third-order valence-corrected chi connectivity index (χ3v) is 12.5. The van der Waals surface area contributed by atoms with E-state index in [4.69, 9.17) is 37.9 Å². The van der Waals surface area contributed by atoms with Crippen molar-refractivity contribution in [3.8, 4) is 0 Å². The van der Waals surface area contributed by atoms with Gasteiger partial charge in [-0.15, -0.1) is 0 Å². The number of carbonyl (C=O) groups is 6. The lowest BCUT2D eigenvalue weighted by Gasteiger charge is -2.42. The Labute approximate surface area is 441 Å². The van der Waals surface area contributed by atoms with Crippen LogP contribution in [0.5, 0.6) is 0 Å². The highest BCUT2D eigenvalue weighted by molar-refractivity contribution is 5.77. The molecule has 0 radical (unpaired) electrons. The van der Waals surface area contributed by atoms with Crippen molar-refractivity contribution in [2.75, 3.05) is 98.9 Å². The monoisotopic (exact) mass is 1100 g/mol. The average molecular weight is 1100 g/mol. The van der Waals surface area contributed by atoms with Crippen LogP contribution in [0.4, 0.5) is 0 Å². The molecule has 0 bridgehead atoms. The Morgan fingerprint density at radius 1 is 0.474 bits per heavy atom. The average Bonchev–Trinajstić information content (AvgIpc) is 3.37. The van der Waals surface area contributed by atoms with Crippen LogP contribution in [-0.2, 0) is 66.7 Å². The second kappa shape index (κ2) is 36.3. The summed E-state index contributed by atoms with van der Waals surface area (Å²) in [6.45, 7) is 3.39. The Balaban J connectivity index is 1.40. The van der Waals surface area contributed by atoms with E-state index in [9.17, 15) is 74.7 Å². The fourth-order valence-corrected chi connectivity index (χ4v) is 8.48. The van der Waals surface area contributed by atoms with E-state index < -0.39 is 122 Å². The van der Waals surface area contributed by atoms with Gasteiger partial charge in [0, 0.05) is 84.7 Å². The van der Waals surface area contributed by atoms with E-state index in [0.29, 0.717) is 19.3 Å². The van der Waals surface area contributed by atoms with E-state index in [1.165, 1.54) is 20.8 Å². The molecule has 15 N–H and O–H groups in total. The third-order valence-electron chi connectivity index (χ3n) is 12.5. The van der Waals surface area contributed by atoms with Crippen LogP contribution >= 0.6 is 0 Å². The highest BCUT2D eigenvalue weighted by Gasteiger charge is 2.47. The van der Waals surface area contributed by atoms with Crippen LogP contribution in [-0.4, -0.2) is 266 Å². The number of nitrogens with one attached hydrogen (secondary N) is 6. The summed E-state index contributed by atoms with van der Waals surface area (Å²) < 4.78 is 45.6. The molecule has 3 rings (SSSR count). The molecule has 3 aliphatic rings. The Bertz CT molecular complexity index is 1540. The quantitative estimate of drug-likeness (QED) is 0.0259. The zero-order chi connectivity index (χ0) is 56.2. The van der Waals surface area contributed by atoms with Gasteiger partial charge in [-0.1, -0.05) is 0 Å². The molecule has 6 amide bonds. The molecule has 0 aromatic heterocycles. The zero-order valence-corrected chi connectivity index (χ0v) is 43.5. The van der Waals surface area contributed by atoms with Crippen LogP contribution in [0.3, 0.4) is 0 Å². The summed E-state index contributed by atoms with van der Waals surface area (Å²) >= 11 is 0. The van der Waals surface area contributed by atoms with Crippen LogP contribution in [0.2, 0.25) is 0 Å². The molecular weight excluding hydrogens is 1020 g/mol. The molecule has 2 heterocycles. The molecule has 29 heteroatoms. The number of rotatable bonds is 36. The summed E-state index contributed by atoms with van der Waals surface area (Å²) in [6, 6.07) is -3.07. The van der Waals surface area contributed by atoms with Crippen molar-refractivity contribution in [2.24, 2.45) is 11.8 Å². The molecular formula is C47H84N6O23. The van der Waals surface area contributed by atoms with Crippen molar-refractivity contribution in [1.29, 1.82) is 0 Å². The molecule has 6 unspecified atom stereocenters. The number of aliphatic hydroxyl groups is 9. The predicted octanol–water partition coefficient (Wildman–Crippen LogP) is -7.11. The van der Waals surface area contributed by atoms with E-state index in [2.05, 4.69) is 31.9 Å². The summed E-state index contributed by atoms with van der Waals surface area (Å²) in [4.78, 5) is 72.8. The lowest BCUT2D eigenvalue weighted by Crippen LogP contribution is -2.64. The highest BCUT2D eigenvalue weighted by atomic mass is 16.7. The first kappa shape index (κ1) is 66.4. The van der Waals surface area contributed by atoms with Crippen LogP contribution in [0.25, 0.3) is 0 Å². The van der Waals surface area contributed by atoms with E-state index in [1.54, 1.807) is 0 Å². The smallest absolute Gasteiger partial charge is 0.222 e. The number of amides is 6. The van der Waals surface area contributed by atoms with E-state index >= 15 is 0 Å². The van der Waals surface area contributed by atoms with Gasteiger partial charge in [-0.05, 0) is 25.7 Å². The number of hydrogen-bond acceptors (Lipinski definition) is 23. The van der Waals surface area contributed by atoms with Crippen LogP contribution in [0.15, 0.2) is 0 Å². The van der Waals surface area contributed by atoms with E-state index in [-0.39, 0.29) is 135 Å². The van der Waals surface area contributed by atoms with Crippen LogP contribution in [0.1, 0.15) is 65.7 Å². The van der Waals surface area contributed by atoms with Gasteiger partial charge >= 0.3 is 0 Å². The first-order valence-corrected chi connectivity index (χ1v) is 25.7. The maximum atomic E-state index is 12.6. The van der Waals surface area contributed by atoms with Crippen LogP contribution in [0, 0.1) is 11.8 Å². The first-order valence-electron chi connectivity index (χ1n) is 25.7. The van der Waals surface area contributed by atoms with E-state index in [1.807, 2.05) is 0 Å². The molecule has 3 fully saturated rings. The topological polar surface area (TPSA) is 431 Å². The van der Waals surface area contributed by atoms with Crippen molar-refractivity contribution in [1.82, 2.24) is 31.9 Å². The standard InChI is InChI=1S/C47H84N6O23/c1-26(57)51-37-31(19-30(20-54)40(63)43(37)66)72-13-4-10-48-34(60)7-16-69-23-29(24-70-17-8-35(61)49-11-5-14-73-46-38(52-27(2)58)44(67)41(64)32(21-55)75-46)25-71-18-9-36(62)50-12-6-15-74-47-39(53-28(3)59)45(68)42(65)33(22-56)76-47/h29-33,37-47,54-56,63-68H,4-25H2,1-3H3,(H,48,60)(H,49,61)(H,50,62)(H,51,57)(H,52,58)(H,53,59)/t29?,30?,31-,32?,33?,37?,38?,39?,40+,41+,42+,43-,44-,45-,46-,47-/m1/s1. The summed E-state index contributed by atoms with van der Waals surface area (Å²) in [7, 11) is 0. The van der Waals surface area contributed by atoms with Crippen LogP contribution < -0.4 is 31.9 Å². The normalized spacial score (nSPS) is 29.9. The number of ether oxygens (including phenoxy) is 8. The molecule has 1 aliphatic carbocycles. The molecule has 2 aliphatic heterocycles. The van der Waals surface area contributed by atoms with E-state index in [0.717, 1.165) is 0 Å². The molecule has 0 aromatic rings. The Kier molecular flexibility index (Phi) is 31.8.